The molecule has 2 aliphatic rings. The Balaban J connectivity index is 2.32. The molecule has 2 fully saturated rings. The van der Waals surface area contributed by atoms with Gasteiger partial charge in [0.15, 0.2) is 24.3 Å². The van der Waals surface area contributed by atoms with Crippen LogP contribution in [-0.2, 0) is 52.9 Å². The Morgan fingerprint density at radius 1 is 1.18 bits per heavy atom. The predicted octanol–water partition coefficient (Wildman–Crippen LogP) is -0.642. The van der Waals surface area contributed by atoms with Crippen LogP contribution in [0.3, 0.4) is 0 Å². The van der Waals surface area contributed by atoms with Crippen LogP contribution < -0.4 is 0 Å². The summed E-state index contributed by atoms with van der Waals surface area (Å²) in [5.74, 6) is -2.01. The first-order chi connectivity index (χ1) is 12.6. The van der Waals surface area contributed by atoms with Crippen molar-refractivity contribution >= 4 is 26.8 Å². The highest BCUT2D eigenvalue weighted by molar-refractivity contribution is 7.81. The Bertz CT molecular complexity index is 830. The van der Waals surface area contributed by atoms with Gasteiger partial charge < -0.3 is 18.9 Å². The number of esters is 1. The van der Waals surface area contributed by atoms with Gasteiger partial charge in [-0.25, -0.2) is 13.2 Å². The van der Waals surface area contributed by atoms with Crippen LogP contribution in [0.5, 0.6) is 0 Å². The van der Waals surface area contributed by atoms with E-state index in [0.29, 0.717) is 0 Å². The number of rotatable bonds is 8. The van der Waals surface area contributed by atoms with Crippen molar-refractivity contribution in [2.75, 3.05) is 6.61 Å². The van der Waals surface area contributed by atoms with Crippen LogP contribution in [0.2, 0.25) is 0 Å². The fourth-order valence-corrected chi connectivity index (χ4v) is 3.43. The second-order valence-electron chi connectivity index (χ2n) is 6.49. The van der Waals surface area contributed by atoms with Crippen molar-refractivity contribution in [3.63, 3.8) is 0 Å². The zero-order valence-corrected chi connectivity index (χ0v) is 16.6. The number of hydrogen-bond donors (Lipinski definition) is 2. The van der Waals surface area contributed by atoms with E-state index in [9.17, 15) is 21.6 Å². The normalized spacial score (nSPS) is 30.6. The van der Waals surface area contributed by atoms with Crippen LogP contribution in [0.4, 0.5) is 0 Å². The molecule has 0 radical (unpaired) electrons. The molecule has 0 aromatic carbocycles. The quantitative estimate of drug-likeness (QED) is 0.272. The van der Waals surface area contributed by atoms with E-state index in [0.717, 1.165) is 0 Å². The Labute approximate surface area is 161 Å². The summed E-state index contributed by atoms with van der Waals surface area (Å²) in [6, 6.07) is 0. The molecular weight excluding hydrogens is 428 g/mol. The number of ether oxygens (including phenoxy) is 4. The van der Waals surface area contributed by atoms with E-state index in [1.165, 1.54) is 6.92 Å². The molecule has 0 saturated carbocycles. The van der Waals surface area contributed by atoms with Gasteiger partial charge in [-0.1, -0.05) is 6.58 Å². The molecule has 0 aromatic rings. The number of carbonyl (C=O) groups excluding carboxylic acids is 1. The minimum atomic E-state index is -5.12. The Kier molecular flexibility index (Phi) is 6.54. The molecule has 28 heavy (non-hydrogen) atoms. The number of hydrogen-bond acceptors (Lipinski definition) is 11. The lowest BCUT2D eigenvalue weighted by Gasteiger charge is -2.29. The molecule has 15 heteroatoms. The highest BCUT2D eigenvalue weighted by Crippen LogP contribution is 2.40. The van der Waals surface area contributed by atoms with Crippen LogP contribution >= 0.6 is 0 Å². The molecule has 2 aliphatic heterocycles. The van der Waals surface area contributed by atoms with E-state index in [-0.39, 0.29) is 5.57 Å². The summed E-state index contributed by atoms with van der Waals surface area (Å²) in [6.45, 7) is 6.77. The second-order valence-corrected chi connectivity index (χ2v) is 8.63. The van der Waals surface area contributed by atoms with Crippen LogP contribution in [0.15, 0.2) is 12.2 Å². The molecule has 0 spiro atoms. The second kappa shape index (κ2) is 7.92. The summed E-state index contributed by atoms with van der Waals surface area (Å²) in [7, 11) is -10.1. The van der Waals surface area contributed by atoms with Crippen molar-refractivity contribution in [3.8, 4) is 0 Å². The zero-order valence-electron chi connectivity index (χ0n) is 15.0. The molecule has 2 heterocycles. The average Bonchev–Trinajstić information content (AvgIpc) is 2.94. The third-order valence-corrected chi connectivity index (χ3v) is 4.54. The fourth-order valence-electron chi connectivity index (χ4n) is 2.65. The van der Waals surface area contributed by atoms with Gasteiger partial charge >= 0.3 is 26.8 Å². The SMILES string of the molecule is C=C(C)C(=O)O[C@H]1[C@H]2OC(C)(C)O[C@H]2O[C@@H]1[C@@H](COS(=O)(=O)O)OS(=O)(=O)O. The highest BCUT2D eigenvalue weighted by Gasteiger charge is 2.59. The molecule has 0 amide bonds. The van der Waals surface area contributed by atoms with Gasteiger partial charge in [-0.3, -0.25) is 9.11 Å². The van der Waals surface area contributed by atoms with Crippen LogP contribution in [-0.4, -0.2) is 75.0 Å². The van der Waals surface area contributed by atoms with Gasteiger partial charge in [0, 0.05) is 5.57 Å². The van der Waals surface area contributed by atoms with Crippen molar-refractivity contribution in [3.05, 3.63) is 12.2 Å². The first kappa shape index (κ1) is 23.1. The third kappa shape index (κ3) is 6.16. The summed E-state index contributed by atoms with van der Waals surface area (Å²) in [4.78, 5) is 12.0. The van der Waals surface area contributed by atoms with Gasteiger partial charge in [0.05, 0.1) is 6.61 Å². The van der Waals surface area contributed by atoms with Crippen molar-refractivity contribution in [2.24, 2.45) is 0 Å². The minimum absolute atomic E-state index is 0.00168. The fraction of sp³-hybridized carbons (Fsp3) is 0.769. The molecule has 0 unspecified atom stereocenters. The van der Waals surface area contributed by atoms with Gasteiger partial charge in [-0.15, -0.1) is 0 Å². The predicted molar refractivity (Wildman–Crippen MR) is 87.3 cm³/mol. The molecule has 2 rings (SSSR count). The maximum Gasteiger partial charge on any atom is 0.397 e. The molecule has 13 nitrogen and oxygen atoms in total. The molecule has 0 aliphatic carbocycles. The lowest BCUT2D eigenvalue weighted by atomic mass is 10.1. The highest BCUT2D eigenvalue weighted by atomic mass is 32.3. The summed E-state index contributed by atoms with van der Waals surface area (Å²) >= 11 is 0. The molecule has 0 bridgehead atoms. The lowest BCUT2D eigenvalue weighted by molar-refractivity contribution is -0.228. The average molecular weight is 448 g/mol. The molecule has 5 atom stereocenters. The van der Waals surface area contributed by atoms with Gasteiger partial charge in [0.2, 0.25) is 0 Å². The Morgan fingerprint density at radius 3 is 2.29 bits per heavy atom. The van der Waals surface area contributed by atoms with Gasteiger partial charge in [-0.2, -0.15) is 16.8 Å². The maximum atomic E-state index is 12.0. The molecule has 162 valence electrons. The van der Waals surface area contributed by atoms with E-state index < -0.39 is 69.9 Å². The smallest absolute Gasteiger partial charge is 0.397 e. The lowest BCUT2D eigenvalue weighted by Crippen LogP contribution is -2.47. The molecule has 0 aromatic heterocycles. The van der Waals surface area contributed by atoms with E-state index >= 15 is 0 Å². The van der Waals surface area contributed by atoms with Crippen molar-refractivity contribution in [1.29, 1.82) is 0 Å². The summed E-state index contributed by atoms with van der Waals surface area (Å²) in [5, 5.41) is 0. The first-order valence-electron chi connectivity index (χ1n) is 7.73. The Morgan fingerprint density at radius 2 is 1.79 bits per heavy atom. The number of fused-ring (bicyclic) bond motifs is 1. The van der Waals surface area contributed by atoms with E-state index in [1.54, 1.807) is 13.8 Å². The zero-order chi connectivity index (χ0) is 21.5. The van der Waals surface area contributed by atoms with Crippen molar-refractivity contribution in [2.45, 2.75) is 57.3 Å². The topological polar surface area (TPSA) is 181 Å². The third-order valence-electron chi connectivity index (χ3n) is 3.61. The van der Waals surface area contributed by atoms with Crippen LogP contribution in [0.25, 0.3) is 0 Å². The standard InChI is InChI=1S/C13H20O13S2/c1-6(2)11(14)22-9-8(23-12-10(9)24-13(3,4)25-12)7(26-28(18,19)20)5-21-27(15,16)17/h7-10,12H,1,5H2,2-4H3,(H,15,16,17)(H,18,19,20)/t7-,8-,9-,10-,12-/m1/s1. The molecule has 2 N–H and O–H groups in total. The van der Waals surface area contributed by atoms with Crippen LogP contribution in [0, 0.1) is 0 Å². The molecular formula is C13H20O13S2. The molecule has 2 saturated heterocycles. The Hall–Kier alpha value is -1.17. The summed E-state index contributed by atoms with van der Waals surface area (Å²) in [6.07, 6.45) is -6.91. The maximum absolute atomic E-state index is 12.0. The summed E-state index contributed by atoms with van der Waals surface area (Å²) < 4.78 is 91.9. The van der Waals surface area contributed by atoms with E-state index in [1.807, 2.05) is 0 Å². The van der Waals surface area contributed by atoms with Gasteiger partial charge in [0.25, 0.3) is 0 Å². The number of carbonyl (C=O) groups is 1. The van der Waals surface area contributed by atoms with E-state index in [4.69, 9.17) is 28.1 Å². The minimum Gasteiger partial charge on any atom is -0.453 e. The van der Waals surface area contributed by atoms with Crippen molar-refractivity contribution < 1.29 is 58.0 Å². The van der Waals surface area contributed by atoms with Gasteiger partial charge in [-0.05, 0) is 20.8 Å². The largest absolute Gasteiger partial charge is 0.453 e. The summed E-state index contributed by atoms with van der Waals surface area (Å²) in [5.41, 5.74) is 0.00168. The van der Waals surface area contributed by atoms with Crippen LogP contribution in [0.1, 0.15) is 20.8 Å². The van der Waals surface area contributed by atoms with Gasteiger partial charge in [0.1, 0.15) is 12.2 Å². The first-order valence-corrected chi connectivity index (χ1v) is 10.5. The van der Waals surface area contributed by atoms with E-state index in [2.05, 4.69) is 14.9 Å². The van der Waals surface area contributed by atoms with Crippen molar-refractivity contribution in [1.82, 2.24) is 0 Å². The monoisotopic (exact) mass is 448 g/mol.